The third kappa shape index (κ3) is 6.14. The number of hydrogen-bond acceptors (Lipinski definition) is 6. The van der Waals surface area contributed by atoms with E-state index in [0.29, 0.717) is 54.5 Å². The largest absolute Gasteiger partial charge is 0.493 e. The Balaban J connectivity index is 1.36. The summed E-state index contributed by atoms with van der Waals surface area (Å²) in [6.07, 6.45) is 0.621. The number of rotatable bonds is 9. The van der Waals surface area contributed by atoms with Gasteiger partial charge in [0.2, 0.25) is 0 Å². The fraction of sp³-hybridized carbons (Fsp3) is 0.286. The molecule has 1 aliphatic rings. The summed E-state index contributed by atoms with van der Waals surface area (Å²) in [7, 11) is 3.18. The lowest BCUT2D eigenvalue weighted by Gasteiger charge is -2.28. The van der Waals surface area contributed by atoms with Gasteiger partial charge in [0.1, 0.15) is 0 Å². The Bertz CT molecular complexity index is 1190. The van der Waals surface area contributed by atoms with Gasteiger partial charge in [-0.05, 0) is 60.5 Å². The zero-order valence-electron chi connectivity index (χ0n) is 20.6. The number of nitrogens with one attached hydrogen (secondary N) is 2. The fourth-order valence-corrected chi connectivity index (χ4v) is 4.08. The van der Waals surface area contributed by atoms with E-state index >= 15 is 0 Å². The van der Waals surface area contributed by atoms with Gasteiger partial charge in [0.05, 0.1) is 38.7 Å². The molecule has 188 valence electrons. The predicted octanol–water partition coefficient (Wildman–Crippen LogP) is 3.77. The van der Waals surface area contributed by atoms with Gasteiger partial charge in [-0.1, -0.05) is 18.2 Å². The minimum absolute atomic E-state index is 0.256. The van der Waals surface area contributed by atoms with Crippen LogP contribution in [0.4, 0.5) is 11.4 Å². The van der Waals surface area contributed by atoms with Gasteiger partial charge in [0.15, 0.2) is 11.5 Å². The summed E-state index contributed by atoms with van der Waals surface area (Å²) in [5.41, 5.74) is 3.46. The van der Waals surface area contributed by atoms with Crippen molar-refractivity contribution in [2.75, 3.05) is 57.3 Å². The molecule has 0 spiro atoms. The second kappa shape index (κ2) is 12.1. The van der Waals surface area contributed by atoms with E-state index < -0.39 is 0 Å². The van der Waals surface area contributed by atoms with Crippen LogP contribution in [0.3, 0.4) is 0 Å². The average molecular weight is 490 g/mol. The lowest BCUT2D eigenvalue weighted by Crippen LogP contribution is -2.36. The first kappa shape index (κ1) is 25.1. The normalized spacial score (nSPS) is 13.1. The van der Waals surface area contributed by atoms with Crippen LogP contribution in [0, 0.1) is 0 Å². The molecule has 8 nitrogen and oxygen atoms in total. The molecule has 3 aromatic rings. The predicted molar refractivity (Wildman–Crippen MR) is 139 cm³/mol. The molecule has 4 rings (SSSR count). The Morgan fingerprint density at radius 1 is 0.889 bits per heavy atom. The first-order chi connectivity index (χ1) is 17.6. The second-order valence-electron chi connectivity index (χ2n) is 8.34. The van der Waals surface area contributed by atoms with Crippen molar-refractivity contribution < 1.29 is 23.8 Å². The van der Waals surface area contributed by atoms with E-state index in [4.69, 9.17) is 14.2 Å². The van der Waals surface area contributed by atoms with Gasteiger partial charge in [-0.2, -0.15) is 0 Å². The van der Waals surface area contributed by atoms with E-state index in [2.05, 4.69) is 15.5 Å². The van der Waals surface area contributed by atoms with Gasteiger partial charge < -0.3 is 29.7 Å². The van der Waals surface area contributed by atoms with Crippen molar-refractivity contribution in [3.63, 3.8) is 0 Å². The first-order valence-corrected chi connectivity index (χ1v) is 11.9. The van der Waals surface area contributed by atoms with Crippen molar-refractivity contribution >= 4 is 23.2 Å². The summed E-state index contributed by atoms with van der Waals surface area (Å²) in [6.45, 7) is 3.50. The summed E-state index contributed by atoms with van der Waals surface area (Å²) < 4.78 is 16.0. The van der Waals surface area contributed by atoms with Crippen molar-refractivity contribution in [3.05, 3.63) is 83.4 Å². The number of ether oxygens (including phenoxy) is 3. The first-order valence-electron chi connectivity index (χ1n) is 11.9. The minimum atomic E-state index is -0.269. The van der Waals surface area contributed by atoms with Gasteiger partial charge in [-0.3, -0.25) is 9.59 Å². The van der Waals surface area contributed by atoms with Crippen molar-refractivity contribution in [3.8, 4) is 11.5 Å². The van der Waals surface area contributed by atoms with E-state index in [1.165, 1.54) is 0 Å². The van der Waals surface area contributed by atoms with Crippen molar-refractivity contribution in [2.24, 2.45) is 0 Å². The van der Waals surface area contributed by atoms with Gasteiger partial charge >= 0.3 is 0 Å². The number of methoxy groups -OCH3 is 2. The molecular formula is C28H31N3O5. The third-order valence-electron chi connectivity index (χ3n) is 6.07. The van der Waals surface area contributed by atoms with Crippen LogP contribution >= 0.6 is 0 Å². The van der Waals surface area contributed by atoms with Crippen LogP contribution < -0.4 is 25.0 Å². The molecule has 1 saturated heterocycles. The van der Waals surface area contributed by atoms with E-state index in [1.54, 1.807) is 50.6 Å². The highest BCUT2D eigenvalue weighted by Crippen LogP contribution is 2.27. The van der Waals surface area contributed by atoms with Gasteiger partial charge in [-0.25, -0.2) is 0 Å². The summed E-state index contributed by atoms with van der Waals surface area (Å²) in [5.74, 6) is 0.779. The standard InChI is InChI=1S/C28H31N3O5/c1-34-25-12-7-20(19-26(25)35-2)13-14-29-28(33)23-5-3-4-6-24(23)30-27(32)21-8-10-22(11-9-21)31-15-17-36-18-16-31/h3-12,19H,13-18H2,1-2H3,(H,29,33)(H,30,32). The number of para-hydroxylation sites is 1. The second-order valence-corrected chi connectivity index (χ2v) is 8.34. The molecule has 2 N–H and O–H groups in total. The Morgan fingerprint density at radius 3 is 2.33 bits per heavy atom. The molecule has 0 aliphatic carbocycles. The van der Waals surface area contributed by atoms with E-state index in [1.807, 2.05) is 30.3 Å². The molecule has 2 amide bonds. The molecule has 0 atom stereocenters. The van der Waals surface area contributed by atoms with Crippen LogP contribution in [0.25, 0.3) is 0 Å². The number of carbonyl (C=O) groups excluding carboxylic acids is 2. The summed E-state index contributed by atoms with van der Waals surface area (Å²) in [4.78, 5) is 28.0. The minimum Gasteiger partial charge on any atom is -0.493 e. The van der Waals surface area contributed by atoms with Crippen molar-refractivity contribution in [1.82, 2.24) is 5.32 Å². The molecule has 36 heavy (non-hydrogen) atoms. The summed E-state index contributed by atoms with van der Waals surface area (Å²) in [6, 6.07) is 20.1. The van der Waals surface area contributed by atoms with Gasteiger partial charge in [0.25, 0.3) is 11.8 Å². The number of nitrogens with zero attached hydrogens (tertiary/aromatic N) is 1. The van der Waals surface area contributed by atoms with Gasteiger partial charge in [0, 0.05) is 30.9 Å². The lowest BCUT2D eigenvalue weighted by atomic mass is 10.1. The highest BCUT2D eigenvalue weighted by molar-refractivity contribution is 6.09. The van der Waals surface area contributed by atoms with E-state index in [9.17, 15) is 9.59 Å². The van der Waals surface area contributed by atoms with Crippen LogP contribution in [0.5, 0.6) is 11.5 Å². The number of amides is 2. The monoisotopic (exact) mass is 489 g/mol. The van der Waals surface area contributed by atoms with Crippen LogP contribution in [0.2, 0.25) is 0 Å². The number of anilines is 2. The third-order valence-corrected chi connectivity index (χ3v) is 6.07. The highest BCUT2D eigenvalue weighted by Gasteiger charge is 2.16. The van der Waals surface area contributed by atoms with Crippen molar-refractivity contribution in [1.29, 1.82) is 0 Å². The fourth-order valence-electron chi connectivity index (χ4n) is 4.08. The highest BCUT2D eigenvalue weighted by atomic mass is 16.5. The lowest BCUT2D eigenvalue weighted by molar-refractivity contribution is 0.0955. The Hall–Kier alpha value is -4.04. The Kier molecular flexibility index (Phi) is 8.41. The summed E-state index contributed by atoms with van der Waals surface area (Å²) in [5, 5.41) is 5.81. The molecule has 1 fully saturated rings. The molecule has 0 radical (unpaired) electrons. The molecule has 0 unspecified atom stereocenters. The number of hydrogen-bond donors (Lipinski definition) is 2. The zero-order valence-corrected chi connectivity index (χ0v) is 20.6. The van der Waals surface area contributed by atoms with Crippen LogP contribution in [-0.4, -0.2) is 58.9 Å². The topological polar surface area (TPSA) is 89.1 Å². The molecular weight excluding hydrogens is 458 g/mol. The SMILES string of the molecule is COc1ccc(CCNC(=O)c2ccccc2NC(=O)c2ccc(N3CCOCC3)cc2)cc1OC. The quantitative estimate of drug-likeness (QED) is 0.476. The Morgan fingerprint density at radius 2 is 1.61 bits per heavy atom. The van der Waals surface area contributed by atoms with Crippen LogP contribution in [0.15, 0.2) is 66.7 Å². The molecule has 8 heteroatoms. The molecule has 3 aromatic carbocycles. The maximum absolute atomic E-state index is 12.9. The number of carbonyl (C=O) groups is 2. The molecule has 0 aromatic heterocycles. The van der Waals surface area contributed by atoms with Crippen LogP contribution in [0.1, 0.15) is 26.3 Å². The van der Waals surface area contributed by atoms with E-state index in [-0.39, 0.29) is 11.8 Å². The maximum atomic E-state index is 12.9. The van der Waals surface area contributed by atoms with Crippen LogP contribution in [-0.2, 0) is 11.2 Å². The molecule has 1 heterocycles. The Labute approximate surface area is 211 Å². The molecule has 1 aliphatic heterocycles. The van der Waals surface area contributed by atoms with E-state index in [0.717, 1.165) is 24.3 Å². The zero-order chi connectivity index (χ0) is 25.3. The average Bonchev–Trinajstić information content (AvgIpc) is 2.93. The number of morpholine rings is 1. The molecule has 0 bridgehead atoms. The maximum Gasteiger partial charge on any atom is 0.255 e. The van der Waals surface area contributed by atoms with Gasteiger partial charge in [-0.15, -0.1) is 0 Å². The van der Waals surface area contributed by atoms with Crippen molar-refractivity contribution in [2.45, 2.75) is 6.42 Å². The number of benzene rings is 3. The smallest absolute Gasteiger partial charge is 0.255 e. The molecule has 0 saturated carbocycles. The summed E-state index contributed by atoms with van der Waals surface area (Å²) >= 11 is 0.